The highest BCUT2D eigenvalue weighted by molar-refractivity contribution is 6.16. The number of Topliss-reactive ketones (excluding diaryl/α,β-unsaturated/α-hetero) is 2. The third kappa shape index (κ3) is 4.31. The molecule has 0 aromatic heterocycles. The molecule has 1 N–H and O–H groups in total. The first-order valence-electron chi connectivity index (χ1n) is 15.1. The van der Waals surface area contributed by atoms with E-state index >= 15 is 0 Å². The first-order valence-corrected chi connectivity index (χ1v) is 15.1. The Hall–Kier alpha value is -5.37. The molecular weight excluding hydrogens is 566 g/mol. The lowest BCUT2D eigenvalue weighted by atomic mass is 9.62. The molecule has 3 aliphatic heterocycles. The number of benzene rings is 4. The number of rotatable bonds is 7. The van der Waals surface area contributed by atoms with Gasteiger partial charge in [0.25, 0.3) is 5.69 Å². The lowest BCUT2D eigenvalue weighted by molar-refractivity contribution is -0.384. The fourth-order valence-electron chi connectivity index (χ4n) is 7.57. The Morgan fingerprint density at radius 2 is 1.64 bits per heavy atom. The molecule has 1 saturated heterocycles. The lowest BCUT2D eigenvalue weighted by Crippen LogP contribution is -2.49. The van der Waals surface area contributed by atoms with Crippen LogP contribution in [0.4, 0.5) is 11.4 Å². The van der Waals surface area contributed by atoms with Crippen molar-refractivity contribution in [1.29, 1.82) is 0 Å². The molecule has 8 nitrogen and oxygen atoms in total. The Balaban J connectivity index is 1.48. The quantitative estimate of drug-likeness (QED) is 0.143. The maximum atomic E-state index is 15.0. The number of hydrogen-bond donors (Lipinski definition) is 1. The topological polar surface area (TPSA) is 110 Å². The van der Waals surface area contributed by atoms with Crippen molar-refractivity contribution in [3.63, 3.8) is 0 Å². The highest BCUT2D eigenvalue weighted by atomic mass is 16.6. The molecule has 0 radical (unpaired) electrons. The molecule has 4 aromatic carbocycles. The molecule has 7 rings (SSSR count). The Bertz CT molecular complexity index is 1910. The van der Waals surface area contributed by atoms with Gasteiger partial charge in [0.1, 0.15) is 11.5 Å². The van der Waals surface area contributed by atoms with Gasteiger partial charge in [-0.1, -0.05) is 92.7 Å². The van der Waals surface area contributed by atoms with Crippen molar-refractivity contribution in [3.8, 4) is 0 Å². The fraction of sp³-hybridized carbons (Fsp3) is 0.216. The number of anilines is 1. The van der Waals surface area contributed by atoms with Crippen LogP contribution in [0.3, 0.4) is 0 Å². The molecule has 3 heterocycles. The summed E-state index contributed by atoms with van der Waals surface area (Å²) in [4.78, 5) is 57.2. The summed E-state index contributed by atoms with van der Waals surface area (Å²) in [6.45, 7) is 4.26. The van der Waals surface area contributed by atoms with Crippen LogP contribution >= 0.6 is 0 Å². The monoisotopic (exact) mass is 597 g/mol. The summed E-state index contributed by atoms with van der Waals surface area (Å²) in [6, 6.07) is 26.2. The Morgan fingerprint density at radius 3 is 2.40 bits per heavy atom. The first kappa shape index (κ1) is 28.4. The van der Waals surface area contributed by atoms with Gasteiger partial charge < -0.3 is 10.2 Å². The van der Waals surface area contributed by atoms with Gasteiger partial charge in [-0.05, 0) is 46.7 Å². The van der Waals surface area contributed by atoms with Crippen molar-refractivity contribution in [3.05, 3.63) is 147 Å². The van der Waals surface area contributed by atoms with Crippen molar-refractivity contribution in [2.24, 2.45) is 11.8 Å². The highest BCUT2D eigenvalue weighted by Crippen LogP contribution is 2.62. The molecule has 4 aromatic rings. The second-order valence-electron chi connectivity index (χ2n) is 12.4. The van der Waals surface area contributed by atoms with E-state index in [1.54, 1.807) is 18.3 Å². The minimum absolute atomic E-state index is 0.106. The number of hydrogen-bond acceptors (Lipinski definition) is 6. The van der Waals surface area contributed by atoms with Crippen LogP contribution in [-0.4, -0.2) is 33.3 Å². The normalized spacial score (nSPS) is 22.6. The molecule has 1 amide bonds. The summed E-state index contributed by atoms with van der Waals surface area (Å²) in [5.74, 6) is -1.86. The second-order valence-corrected chi connectivity index (χ2v) is 12.4. The number of carbonyl (C=O) groups excluding carboxylic acids is 3. The van der Waals surface area contributed by atoms with Crippen molar-refractivity contribution >= 4 is 34.9 Å². The molecule has 1 fully saturated rings. The molecule has 4 atom stereocenters. The summed E-state index contributed by atoms with van der Waals surface area (Å²) in [5.41, 5.74) is 2.87. The number of nitro benzene ring substituents is 1. The van der Waals surface area contributed by atoms with Gasteiger partial charge in [0.15, 0.2) is 11.6 Å². The van der Waals surface area contributed by atoms with Crippen LogP contribution in [0.5, 0.6) is 0 Å². The van der Waals surface area contributed by atoms with Crippen LogP contribution in [0.25, 0.3) is 6.08 Å². The number of nitrogens with zero attached hydrogens (tertiary/aromatic N) is 2. The average Bonchev–Trinajstić information content (AvgIpc) is 3.52. The number of carbonyl (C=O) groups is 3. The minimum Gasteiger partial charge on any atom is -0.358 e. The summed E-state index contributed by atoms with van der Waals surface area (Å²) in [6.07, 6.45) is 4.53. The zero-order valence-corrected chi connectivity index (χ0v) is 24.8. The number of amides is 1. The number of ketones is 2. The van der Waals surface area contributed by atoms with Crippen LogP contribution in [-0.2, 0) is 16.6 Å². The Labute approximate surface area is 260 Å². The third-order valence-corrected chi connectivity index (χ3v) is 9.35. The van der Waals surface area contributed by atoms with Crippen LogP contribution < -0.4 is 5.32 Å². The van der Waals surface area contributed by atoms with E-state index in [4.69, 9.17) is 0 Å². The maximum Gasteiger partial charge on any atom is 0.270 e. The summed E-state index contributed by atoms with van der Waals surface area (Å²) >= 11 is 0. The van der Waals surface area contributed by atoms with E-state index in [2.05, 4.69) is 19.2 Å². The number of nitro groups is 1. The Morgan fingerprint density at radius 1 is 0.911 bits per heavy atom. The number of nitrogens with one attached hydrogen (secondary N) is 1. The van der Waals surface area contributed by atoms with E-state index in [9.17, 15) is 24.5 Å². The molecule has 0 unspecified atom stereocenters. The van der Waals surface area contributed by atoms with E-state index in [-0.39, 0.29) is 22.9 Å². The van der Waals surface area contributed by atoms with Crippen LogP contribution in [0.1, 0.15) is 62.9 Å². The van der Waals surface area contributed by atoms with Crippen LogP contribution in [0.15, 0.2) is 103 Å². The van der Waals surface area contributed by atoms with E-state index < -0.39 is 34.1 Å². The van der Waals surface area contributed by atoms with E-state index in [1.165, 1.54) is 24.3 Å². The van der Waals surface area contributed by atoms with Crippen molar-refractivity contribution < 1.29 is 19.3 Å². The van der Waals surface area contributed by atoms with Gasteiger partial charge >= 0.3 is 0 Å². The average molecular weight is 598 g/mol. The number of fused-ring (bicyclic) bond motifs is 6. The van der Waals surface area contributed by atoms with Crippen LogP contribution in [0, 0.1) is 22.0 Å². The standard InChI is InChI=1S/C37H31N3O5/c1-22(2)20-23-14-16-25(17-15-23)33(41)31-32(34(42)26-9-7-10-27(21-26)40(44)45)39-19-18-24-8-3-4-11-28(24)35(39)37(31)29-12-5-6-13-30(29)38-36(37)43/h3-19,21-22,31-32,35H,20H2,1-2H3,(H,38,43)/t31-,32+,35-,37-/m0/s1. The summed E-state index contributed by atoms with van der Waals surface area (Å²) < 4.78 is 0. The predicted molar refractivity (Wildman–Crippen MR) is 171 cm³/mol. The smallest absolute Gasteiger partial charge is 0.270 e. The van der Waals surface area contributed by atoms with Gasteiger partial charge in [-0.15, -0.1) is 0 Å². The second kappa shape index (κ2) is 10.7. The summed E-state index contributed by atoms with van der Waals surface area (Å²) in [5, 5.41) is 14.7. The zero-order valence-electron chi connectivity index (χ0n) is 24.8. The fourth-order valence-corrected chi connectivity index (χ4v) is 7.57. The van der Waals surface area contributed by atoms with Crippen molar-refractivity contribution in [2.45, 2.75) is 37.8 Å². The molecule has 3 aliphatic rings. The third-order valence-electron chi connectivity index (χ3n) is 9.35. The SMILES string of the molecule is CC(C)Cc1ccc(C(=O)[C@@H]2[C@H](C(=O)c3cccc([N+](=O)[O-])c3)N3C=Cc4ccccc4[C@H]3[C@@]23C(=O)Nc2ccccc23)cc1. The largest absolute Gasteiger partial charge is 0.358 e. The van der Waals surface area contributed by atoms with Gasteiger partial charge in [0.05, 0.1) is 16.9 Å². The molecule has 0 bridgehead atoms. The molecule has 0 aliphatic carbocycles. The van der Waals surface area contributed by atoms with E-state index in [0.717, 1.165) is 23.1 Å². The van der Waals surface area contributed by atoms with E-state index in [1.807, 2.05) is 71.6 Å². The van der Waals surface area contributed by atoms with Crippen LogP contribution in [0.2, 0.25) is 0 Å². The zero-order chi connectivity index (χ0) is 31.5. The van der Waals surface area contributed by atoms with Gasteiger partial charge in [0.2, 0.25) is 5.91 Å². The van der Waals surface area contributed by atoms with Gasteiger partial charge in [0, 0.05) is 35.1 Å². The molecule has 0 saturated carbocycles. The molecule has 8 heteroatoms. The maximum absolute atomic E-state index is 15.0. The number of non-ortho nitro benzene ring substituents is 1. The van der Waals surface area contributed by atoms with Crippen molar-refractivity contribution in [2.75, 3.05) is 5.32 Å². The van der Waals surface area contributed by atoms with Gasteiger partial charge in [-0.25, -0.2) is 0 Å². The van der Waals surface area contributed by atoms with Gasteiger partial charge in [-0.3, -0.25) is 24.5 Å². The van der Waals surface area contributed by atoms with Crippen molar-refractivity contribution in [1.82, 2.24) is 4.90 Å². The first-order chi connectivity index (χ1) is 21.7. The van der Waals surface area contributed by atoms with E-state index in [0.29, 0.717) is 22.7 Å². The molecule has 224 valence electrons. The Kier molecular flexibility index (Phi) is 6.73. The summed E-state index contributed by atoms with van der Waals surface area (Å²) in [7, 11) is 0. The molecular formula is C37H31N3O5. The minimum atomic E-state index is -1.47. The molecule has 1 spiro atoms. The van der Waals surface area contributed by atoms with Gasteiger partial charge in [-0.2, -0.15) is 0 Å². The predicted octanol–water partition coefficient (Wildman–Crippen LogP) is 6.78. The highest BCUT2D eigenvalue weighted by Gasteiger charge is 2.70. The lowest BCUT2D eigenvalue weighted by Gasteiger charge is -2.38. The molecule has 45 heavy (non-hydrogen) atoms. The number of para-hydroxylation sites is 1.